The van der Waals surface area contributed by atoms with E-state index < -0.39 is 30.7 Å². The lowest BCUT2D eigenvalue weighted by Gasteiger charge is -2.64. The van der Waals surface area contributed by atoms with Crippen molar-refractivity contribution in [3.05, 3.63) is 12.2 Å². The number of hydrogen-bond acceptors (Lipinski definition) is 7. The molecule has 6 fully saturated rings. The fourth-order valence-corrected chi connectivity index (χ4v) is 12.6. The first-order valence-corrected chi connectivity index (χ1v) is 17.3. The van der Waals surface area contributed by atoms with Gasteiger partial charge in [-0.3, -0.25) is 0 Å². The predicted octanol–water partition coefficient (Wildman–Crippen LogP) is 4.82. The van der Waals surface area contributed by atoms with E-state index in [1.54, 1.807) is 0 Å². The van der Waals surface area contributed by atoms with Gasteiger partial charge in [-0.15, -0.1) is 0 Å². The number of aliphatic hydroxyl groups excluding tert-OH is 5. The lowest BCUT2D eigenvalue weighted by atomic mass is 9.41. The van der Waals surface area contributed by atoms with E-state index in [0.29, 0.717) is 11.8 Å². The van der Waals surface area contributed by atoms with Crippen LogP contribution in [0.5, 0.6) is 0 Å². The second kappa shape index (κ2) is 10.5. The first-order chi connectivity index (χ1) is 20.0. The Labute approximate surface area is 259 Å². The maximum Gasteiger partial charge on any atom is 0.186 e. The van der Waals surface area contributed by atoms with Crippen LogP contribution in [0.2, 0.25) is 0 Å². The number of ether oxygens (including phenoxy) is 2. The summed E-state index contributed by atoms with van der Waals surface area (Å²) in [5, 5.41) is 54.6. The fourth-order valence-electron chi connectivity index (χ4n) is 12.6. The topological polar surface area (TPSA) is 120 Å². The van der Waals surface area contributed by atoms with Crippen molar-refractivity contribution in [1.29, 1.82) is 0 Å². The summed E-state index contributed by atoms with van der Waals surface area (Å²) in [7, 11) is 0. The molecule has 2 spiro atoms. The number of aliphatic hydroxyl groups is 5. The minimum absolute atomic E-state index is 0.0196. The van der Waals surface area contributed by atoms with Crippen molar-refractivity contribution in [3.8, 4) is 0 Å². The number of hydrogen-bond donors (Lipinski definition) is 5. The molecular formula is C36H60O7. The van der Waals surface area contributed by atoms with Crippen LogP contribution in [-0.4, -0.2) is 75.1 Å². The summed E-state index contributed by atoms with van der Waals surface area (Å²) in [5.74, 6) is 1.57. The van der Waals surface area contributed by atoms with Gasteiger partial charge in [0.2, 0.25) is 0 Å². The van der Waals surface area contributed by atoms with Crippen LogP contribution in [-0.2, 0) is 9.47 Å². The summed E-state index contributed by atoms with van der Waals surface area (Å²) in [6.07, 6.45) is 3.14. The maximum absolute atomic E-state index is 12.2. The van der Waals surface area contributed by atoms with E-state index in [9.17, 15) is 25.5 Å². The molecule has 7 heteroatoms. The lowest BCUT2D eigenvalue weighted by molar-refractivity contribution is -0.304. The van der Waals surface area contributed by atoms with Crippen molar-refractivity contribution in [3.63, 3.8) is 0 Å². The van der Waals surface area contributed by atoms with E-state index in [2.05, 4.69) is 55.0 Å². The zero-order valence-corrected chi connectivity index (χ0v) is 27.8. The molecule has 0 aromatic heterocycles. The largest absolute Gasteiger partial charge is 0.393 e. The smallest absolute Gasteiger partial charge is 0.186 e. The molecule has 1 aliphatic heterocycles. The van der Waals surface area contributed by atoms with Gasteiger partial charge in [-0.25, -0.2) is 0 Å². The molecule has 0 aromatic carbocycles. The third kappa shape index (κ3) is 4.38. The first-order valence-electron chi connectivity index (χ1n) is 17.3. The summed E-state index contributed by atoms with van der Waals surface area (Å²) in [5.41, 5.74) is 1.15. The van der Waals surface area contributed by atoms with Crippen LogP contribution < -0.4 is 0 Å². The molecule has 0 aromatic rings. The highest BCUT2D eigenvalue weighted by Crippen LogP contribution is 2.89. The zero-order valence-electron chi connectivity index (χ0n) is 27.8. The van der Waals surface area contributed by atoms with Gasteiger partial charge in [-0.1, -0.05) is 60.6 Å². The van der Waals surface area contributed by atoms with Gasteiger partial charge in [0, 0.05) is 0 Å². The highest BCUT2D eigenvalue weighted by atomic mass is 16.7. The molecule has 0 bridgehead atoms. The Hall–Kier alpha value is -0.540. The normalized spacial score (nSPS) is 54.3. The molecule has 5 saturated carbocycles. The average molecular weight is 605 g/mol. The van der Waals surface area contributed by atoms with Crippen molar-refractivity contribution in [1.82, 2.24) is 0 Å². The summed E-state index contributed by atoms with van der Waals surface area (Å²) in [6, 6.07) is 0. The molecule has 5 N–H and O–H groups in total. The Morgan fingerprint density at radius 2 is 1.58 bits per heavy atom. The van der Waals surface area contributed by atoms with E-state index in [0.717, 1.165) is 57.8 Å². The van der Waals surface area contributed by atoms with Crippen LogP contribution >= 0.6 is 0 Å². The third-order valence-corrected chi connectivity index (χ3v) is 15.2. The first kappa shape index (κ1) is 32.4. The number of allylic oxidation sites excluding steroid dienone is 1. The van der Waals surface area contributed by atoms with Gasteiger partial charge < -0.3 is 35.0 Å². The lowest BCUT2D eigenvalue weighted by Crippen LogP contribution is -2.62. The molecule has 0 radical (unpaired) electrons. The van der Waals surface area contributed by atoms with Gasteiger partial charge in [0.25, 0.3) is 0 Å². The molecule has 7 nitrogen and oxygen atoms in total. The Morgan fingerprint density at radius 1 is 0.884 bits per heavy atom. The molecule has 1 heterocycles. The molecule has 246 valence electrons. The number of fused-ring (bicyclic) bond motifs is 2. The van der Waals surface area contributed by atoms with Crippen LogP contribution in [0.4, 0.5) is 0 Å². The number of rotatable bonds is 7. The average Bonchev–Trinajstić information content (AvgIpc) is 3.52. The Kier molecular flexibility index (Phi) is 7.90. The molecule has 6 aliphatic rings. The Morgan fingerprint density at radius 3 is 2.26 bits per heavy atom. The maximum atomic E-state index is 12.2. The summed E-state index contributed by atoms with van der Waals surface area (Å²) >= 11 is 0. The zero-order chi connectivity index (χ0) is 31.5. The standard InChI is InChI=1S/C36H60O7/c1-19(2)20(3)9-10-21(4)27-23(38)16-34(8)30-22(37)15-25-32(5,6)26(43-31-29(41)28(40)24(39)17-42-31)11-12-35(25)18-36(30,35)14-13-33(27,34)7/h19,21-31,37-41H,3,9-18H2,1-2,4-8H3. The second-order valence-electron chi connectivity index (χ2n) is 17.5. The summed E-state index contributed by atoms with van der Waals surface area (Å²) in [4.78, 5) is 0. The molecule has 1 saturated heterocycles. The van der Waals surface area contributed by atoms with Crippen LogP contribution in [0.3, 0.4) is 0 Å². The highest BCUT2D eigenvalue weighted by Gasteiger charge is 2.84. The van der Waals surface area contributed by atoms with Gasteiger partial charge in [0.05, 0.1) is 24.9 Å². The van der Waals surface area contributed by atoms with Gasteiger partial charge in [0.1, 0.15) is 18.3 Å². The SMILES string of the molecule is C=C(CCC(C)C1C(O)CC2(C)C3C(O)CC4C(C)(C)C(OC5OCC(O)C(O)C5O)CCC45CC35CCC12C)C(C)C. The second-order valence-corrected chi connectivity index (χ2v) is 17.5. The van der Waals surface area contributed by atoms with Gasteiger partial charge >= 0.3 is 0 Å². The molecule has 15 atom stereocenters. The molecule has 43 heavy (non-hydrogen) atoms. The Bertz CT molecular complexity index is 1090. The quantitative estimate of drug-likeness (QED) is 0.209. The molecule has 0 amide bonds. The van der Waals surface area contributed by atoms with Crippen molar-refractivity contribution in [2.75, 3.05) is 6.61 Å². The summed E-state index contributed by atoms with van der Waals surface area (Å²) < 4.78 is 12.0. The minimum Gasteiger partial charge on any atom is -0.393 e. The van der Waals surface area contributed by atoms with E-state index in [4.69, 9.17) is 9.47 Å². The van der Waals surface area contributed by atoms with Crippen LogP contribution in [0, 0.1) is 56.7 Å². The predicted molar refractivity (Wildman–Crippen MR) is 165 cm³/mol. The monoisotopic (exact) mass is 604 g/mol. The van der Waals surface area contributed by atoms with E-state index >= 15 is 0 Å². The molecule has 6 rings (SSSR count). The van der Waals surface area contributed by atoms with Gasteiger partial charge in [-0.2, -0.15) is 0 Å². The van der Waals surface area contributed by atoms with E-state index in [1.165, 1.54) is 5.57 Å². The van der Waals surface area contributed by atoms with Crippen LogP contribution in [0.1, 0.15) is 106 Å². The van der Waals surface area contributed by atoms with Crippen LogP contribution in [0.15, 0.2) is 12.2 Å². The van der Waals surface area contributed by atoms with Crippen molar-refractivity contribution < 1.29 is 35.0 Å². The van der Waals surface area contributed by atoms with Gasteiger partial charge in [-0.05, 0) is 114 Å². The van der Waals surface area contributed by atoms with E-state index in [1.807, 2.05) is 0 Å². The molecule has 15 unspecified atom stereocenters. The van der Waals surface area contributed by atoms with Gasteiger partial charge in [0.15, 0.2) is 6.29 Å². The fraction of sp³-hybridized carbons (Fsp3) is 0.944. The van der Waals surface area contributed by atoms with Crippen molar-refractivity contribution in [2.45, 2.75) is 149 Å². The summed E-state index contributed by atoms with van der Waals surface area (Å²) in [6.45, 7) is 20.4. The molecular weight excluding hydrogens is 544 g/mol. The third-order valence-electron chi connectivity index (χ3n) is 15.2. The highest BCUT2D eigenvalue weighted by molar-refractivity contribution is 5.32. The van der Waals surface area contributed by atoms with Crippen molar-refractivity contribution >= 4 is 0 Å². The van der Waals surface area contributed by atoms with E-state index in [-0.39, 0.29) is 63.6 Å². The minimum atomic E-state index is -1.30. The van der Waals surface area contributed by atoms with Crippen molar-refractivity contribution in [2.24, 2.45) is 56.7 Å². The molecule has 5 aliphatic carbocycles. The van der Waals surface area contributed by atoms with Crippen LogP contribution in [0.25, 0.3) is 0 Å². The Balaban J connectivity index is 1.23.